The summed E-state index contributed by atoms with van der Waals surface area (Å²) in [5.74, 6) is 0. The third-order valence-corrected chi connectivity index (χ3v) is 1.75. The largest absolute Gasteiger partial charge is 0.450 e. The summed E-state index contributed by atoms with van der Waals surface area (Å²) in [7, 11) is 0. The monoisotopic (exact) mass is 158 g/mol. The van der Waals surface area contributed by atoms with Crippen LogP contribution < -0.4 is 5.73 Å². The molecule has 0 aliphatic carbocycles. The molecule has 0 saturated carbocycles. The fourth-order valence-corrected chi connectivity index (χ4v) is 1.17. The minimum absolute atomic E-state index is 0.138. The maximum Gasteiger partial charge on any atom is 0.409 e. The van der Waals surface area contributed by atoms with Crippen molar-refractivity contribution >= 4 is 6.09 Å². The maximum absolute atomic E-state index is 11.0. The molecule has 64 valence electrons. The summed E-state index contributed by atoms with van der Waals surface area (Å²) in [5, 5.41) is 0. The van der Waals surface area contributed by atoms with Gasteiger partial charge in [-0.3, -0.25) is 0 Å². The van der Waals surface area contributed by atoms with Crippen molar-refractivity contribution in [1.82, 2.24) is 4.90 Å². The zero-order valence-electron chi connectivity index (χ0n) is 6.75. The molecule has 1 aliphatic heterocycles. The first kappa shape index (κ1) is 8.33. The molecule has 0 aromatic carbocycles. The van der Waals surface area contributed by atoms with E-state index >= 15 is 0 Å². The fourth-order valence-electron chi connectivity index (χ4n) is 1.17. The van der Waals surface area contributed by atoms with E-state index in [-0.39, 0.29) is 12.1 Å². The van der Waals surface area contributed by atoms with Gasteiger partial charge in [-0.15, -0.1) is 0 Å². The highest BCUT2D eigenvalue weighted by Gasteiger charge is 2.23. The third kappa shape index (κ3) is 2.08. The van der Waals surface area contributed by atoms with Gasteiger partial charge in [0, 0.05) is 19.1 Å². The van der Waals surface area contributed by atoms with E-state index in [4.69, 9.17) is 10.5 Å². The van der Waals surface area contributed by atoms with Crippen LogP contribution >= 0.6 is 0 Å². The number of carbonyl (C=O) groups is 1. The molecule has 0 aromatic heterocycles. The quantitative estimate of drug-likeness (QED) is 0.592. The standard InChI is InChI=1S/C7H14N2O2/c1-2-11-7(10)9-4-3-6(8)5-9/h6H,2-5,8H2,1H3/t6-/m1/s1. The Morgan fingerprint density at radius 2 is 2.55 bits per heavy atom. The molecule has 0 unspecified atom stereocenters. The molecule has 4 heteroatoms. The summed E-state index contributed by atoms with van der Waals surface area (Å²) in [6, 6.07) is 0.138. The Kier molecular flexibility index (Phi) is 2.70. The average molecular weight is 158 g/mol. The van der Waals surface area contributed by atoms with Crippen molar-refractivity contribution in [3.05, 3.63) is 0 Å². The highest BCUT2D eigenvalue weighted by molar-refractivity contribution is 5.67. The van der Waals surface area contributed by atoms with Crippen molar-refractivity contribution in [1.29, 1.82) is 0 Å². The van der Waals surface area contributed by atoms with Crippen molar-refractivity contribution in [2.45, 2.75) is 19.4 Å². The molecular formula is C7H14N2O2. The number of nitrogens with zero attached hydrogens (tertiary/aromatic N) is 1. The second-order valence-corrected chi connectivity index (χ2v) is 2.69. The maximum atomic E-state index is 11.0. The molecule has 0 radical (unpaired) electrons. The average Bonchev–Trinajstić information content (AvgIpc) is 2.36. The van der Waals surface area contributed by atoms with Gasteiger partial charge in [-0.2, -0.15) is 0 Å². The summed E-state index contributed by atoms with van der Waals surface area (Å²) in [6.07, 6.45) is 0.652. The van der Waals surface area contributed by atoms with Gasteiger partial charge in [0.05, 0.1) is 6.61 Å². The zero-order chi connectivity index (χ0) is 8.27. The summed E-state index contributed by atoms with van der Waals surface area (Å²) in [5.41, 5.74) is 5.61. The van der Waals surface area contributed by atoms with Crippen molar-refractivity contribution in [3.8, 4) is 0 Å². The normalized spacial score (nSPS) is 23.8. The van der Waals surface area contributed by atoms with Crippen LogP contribution in [0.2, 0.25) is 0 Å². The van der Waals surface area contributed by atoms with Crippen molar-refractivity contribution in [2.75, 3.05) is 19.7 Å². The van der Waals surface area contributed by atoms with Crippen LogP contribution in [0.15, 0.2) is 0 Å². The minimum atomic E-state index is -0.236. The second kappa shape index (κ2) is 3.57. The summed E-state index contributed by atoms with van der Waals surface area (Å²) in [6.45, 7) is 3.61. The smallest absolute Gasteiger partial charge is 0.409 e. The van der Waals surface area contributed by atoms with Gasteiger partial charge in [-0.1, -0.05) is 0 Å². The van der Waals surface area contributed by atoms with Gasteiger partial charge in [-0.05, 0) is 13.3 Å². The van der Waals surface area contributed by atoms with Crippen LogP contribution in [0, 0.1) is 0 Å². The molecule has 1 saturated heterocycles. The van der Waals surface area contributed by atoms with E-state index in [2.05, 4.69) is 0 Å². The fraction of sp³-hybridized carbons (Fsp3) is 0.857. The number of nitrogens with two attached hydrogens (primary N) is 1. The topological polar surface area (TPSA) is 55.6 Å². The Labute approximate surface area is 66.3 Å². The molecule has 2 N–H and O–H groups in total. The van der Waals surface area contributed by atoms with E-state index in [0.29, 0.717) is 13.2 Å². The number of hydrogen-bond donors (Lipinski definition) is 1. The number of hydrogen-bond acceptors (Lipinski definition) is 3. The molecule has 0 bridgehead atoms. The van der Waals surface area contributed by atoms with Crippen molar-refractivity contribution in [2.24, 2.45) is 5.73 Å². The van der Waals surface area contributed by atoms with Crippen LogP contribution in [-0.4, -0.2) is 36.7 Å². The molecule has 4 nitrogen and oxygen atoms in total. The van der Waals surface area contributed by atoms with E-state index in [0.717, 1.165) is 13.0 Å². The van der Waals surface area contributed by atoms with Gasteiger partial charge < -0.3 is 15.4 Å². The predicted molar refractivity (Wildman–Crippen MR) is 41.2 cm³/mol. The molecule has 0 spiro atoms. The Hall–Kier alpha value is -0.770. The number of ether oxygens (including phenoxy) is 1. The molecule has 1 amide bonds. The molecular weight excluding hydrogens is 144 g/mol. The first-order valence-electron chi connectivity index (χ1n) is 3.91. The minimum Gasteiger partial charge on any atom is -0.450 e. The SMILES string of the molecule is CCOC(=O)N1CC[C@@H](N)C1. The number of amides is 1. The van der Waals surface area contributed by atoms with Crippen LogP contribution in [0.25, 0.3) is 0 Å². The predicted octanol–water partition coefficient (Wildman–Crippen LogP) is 0.176. The van der Waals surface area contributed by atoms with Crippen LogP contribution in [0.3, 0.4) is 0 Å². The lowest BCUT2D eigenvalue weighted by Gasteiger charge is -2.14. The lowest BCUT2D eigenvalue weighted by atomic mass is 10.3. The van der Waals surface area contributed by atoms with Gasteiger partial charge >= 0.3 is 6.09 Å². The number of carbonyl (C=O) groups excluding carboxylic acids is 1. The van der Waals surface area contributed by atoms with Crippen LogP contribution in [-0.2, 0) is 4.74 Å². The lowest BCUT2D eigenvalue weighted by molar-refractivity contribution is 0.115. The van der Waals surface area contributed by atoms with Crippen molar-refractivity contribution in [3.63, 3.8) is 0 Å². The van der Waals surface area contributed by atoms with Gasteiger partial charge in [-0.25, -0.2) is 4.79 Å². The number of rotatable bonds is 1. The summed E-state index contributed by atoms with van der Waals surface area (Å²) >= 11 is 0. The molecule has 1 rings (SSSR count). The van der Waals surface area contributed by atoms with Crippen LogP contribution in [0.4, 0.5) is 4.79 Å². The van der Waals surface area contributed by atoms with E-state index in [1.807, 2.05) is 0 Å². The number of likely N-dealkylation sites (tertiary alicyclic amines) is 1. The molecule has 1 fully saturated rings. The Morgan fingerprint density at radius 1 is 1.82 bits per heavy atom. The van der Waals surface area contributed by atoms with Crippen LogP contribution in [0.5, 0.6) is 0 Å². The van der Waals surface area contributed by atoms with E-state index in [1.54, 1.807) is 11.8 Å². The zero-order valence-corrected chi connectivity index (χ0v) is 6.75. The highest BCUT2D eigenvalue weighted by atomic mass is 16.6. The second-order valence-electron chi connectivity index (χ2n) is 2.69. The Morgan fingerprint density at radius 3 is 3.00 bits per heavy atom. The van der Waals surface area contributed by atoms with E-state index in [9.17, 15) is 4.79 Å². The van der Waals surface area contributed by atoms with Gasteiger partial charge in [0.1, 0.15) is 0 Å². The van der Waals surface area contributed by atoms with E-state index < -0.39 is 0 Å². The first-order valence-corrected chi connectivity index (χ1v) is 3.91. The van der Waals surface area contributed by atoms with Crippen molar-refractivity contribution < 1.29 is 9.53 Å². The highest BCUT2D eigenvalue weighted by Crippen LogP contribution is 2.07. The van der Waals surface area contributed by atoms with Gasteiger partial charge in [0.2, 0.25) is 0 Å². The van der Waals surface area contributed by atoms with Gasteiger partial charge in [0.25, 0.3) is 0 Å². The molecule has 0 aromatic rings. The first-order chi connectivity index (χ1) is 5.24. The molecule has 1 atom stereocenters. The lowest BCUT2D eigenvalue weighted by Crippen LogP contribution is -2.32. The summed E-state index contributed by atoms with van der Waals surface area (Å²) < 4.78 is 4.81. The van der Waals surface area contributed by atoms with Crippen LogP contribution in [0.1, 0.15) is 13.3 Å². The van der Waals surface area contributed by atoms with Gasteiger partial charge in [0.15, 0.2) is 0 Å². The molecule has 1 aliphatic rings. The van der Waals surface area contributed by atoms with E-state index in [1.165, 1.54) is 0 Å². The Balaban J connectivity index is 2.31. The molecule has 1 heterocycles. The molecule has 11 heavy (non-hydrogen) atoms. The summed E-state index contributed by atoms with van der Waals surface area (Å²) in [4.78, 5) is 12.7. The third-order valence-electron chi connectivity index (χ3n) is 1.75. The Bertz CT molecular complexity index is 149.